The van der Waals surface area contributed by atoms with Crippen LogP contribution in [-0.4, -0.2) is 29.0 Å². The summed E-state index contributed by atoms with van der Waals surface area (Å²) >= 11 is 0. The summed E-state index contributed by atoms with van der Waals surface area (Å²) in [6.45, 7) is 1.59. The molecule has 0 aromatic heterocycles. The molecule has 0 fully saturated rings. The highest BCUT2D eigenvalue weighted by Crippen LogP contribution is 2.11. The van der Waals surface area contributed by atoms with Gasteiger partial charge in [0.05, 0.1) is 18.8 Å². The number of aliphatic hydroxyl groups excluding tert-OH is 2. The molecule has 0 amide bonds. The molecule has 14 heavy (non-hydrogen) atoms. The lowest BCUT2D eigenvalue weighted by molar-refractivity contribution is 0.121. The second-order valence-electron chi connectivity index (χ2n) is 3.84. The minimum absolute atomic E-state index is 0.211. The lowest BCUT2D eigenvalue weighted by Crippen LogP contribution is -2.49. The molecule has 0 aliphatic heterocycles. The van der Waals surface area contributed by atoms with Crippen LogP contribution in [-0.2, 0) is 6.42 Å². The van der Waals surface area contributed by atoms with Crippen molar-refractivity contribution in [3.63, 3.8) is 0 Å². The Hall–Kier alpha value is -0.900. The van der Waals surface area contributed by atoms with Crippen LogP contribution in [0.2, 0.25) is 0 Å². The monoisotopic (exact) mass is 195 g/mol. The quantitative estimate of drug-likeness (QED) is 0.644. The molecular formula is C11H17NO2. The summed E-state index contributed by atoms with van der Waals surface area (Å²) in [6, 6.07) is 7.90. The third-order valence-electron chi connectivity index (χ3n) is 2.31. The zero-order valence-electron chi connectivity index (χ0n) is 8.40. The molecule has 0 unspecified atom stereocenters. The molecule has 0 radical (unpaired) electrons. The summed E-state index contributed by atoms with van der Waals surface area (Å²) in [5.41, 5.74) is 7.07. The molecule has 78 valence electrons. The molecule has 1 aromatic carbocycles. The van der Waals surface area contributed by atoms with E-state index in [2.05, 4.69) is 0 Å². The fourth-order valence-corrected chi connectivity index (χ4v) is 1.27. The first-order chi connectivity index (χ1) is 6.59. The van der Waals surface area contributed by atoms with Gasteiger partial charge in [-0.05, 0) is 18.9 Å². The third kappa shape index (κ3) is 2.80. The van der Waals surface area contributed by atoms with Gasteiger partial charge < -0.3 is 15.9 Å². The Labute approximate surface area is 84.2 Å². The van der Waals surface area contributed by atoms with Gasteiger partial charge in [0.1, 0.15) is 0 Å². The van der Waals surface area contributed by atoms with E-state index in [0.717, 1.165) is 5.56 Å². The van der Waals surface area contributed by atoms with Crippen molar-refractivity contribution in [3.05, 3.63) is 35.4 Å². The number of hydrogen-bond acceptors (Lipinski definition) is 3. The van der Waals surface area contributed by atoms with Crippen LogP contribution in [0.1, 0.15) is 11.1 Å². The molecule has 0 aliphatic rings. The molecular weight excluding hydrogens is 178 g/mol. The summed E-state index contributed by atoms with van der Waals surface area (Å²) in [4.78, 5) is 0. The Bertz CT molecular complexity index is 278. The van der Waals surface area contributed by atoms with Crippen molar-refractivity contribution in [3.8, 4) is 0 Å². The highest BCUT2D eigenvalue weighted by atomic mass is 16.3. The van der Waals surface area contributed by atoms with E-state index in [1.54, 1.807) is 0 Å². The second-order valence-corrected chi connectivity index (χ2v) is 3.84. The second kappa shape index (κ2) is 4.55. The lowest BCUT2D eigenvalue weighted by Gasteiger charge is -2.24. The van der Waals surface area contributed by atoms with Crippen LogP contribution < -0.4 is 5.73 Å². The van der Waals surface area contributed by atoms with Gasteiger partial charge in [0.15, 0.2) is 0 Å². The van der Waals surface area contributed by atoms with Gasteiger partial charge in [-0.15, -0.1) is 0 Å². The van der Waals surface area contributed by atoms with Gasteiger partial charge in [-0.1, -0.05) is 29.8 Å². The van der Waals surface area contributed by atoms with Crippen molar-refractivity contribution in [1.82, 2.24) is 0 Å². The standard InChI is InChI=1S/C11H17NO2/c1-9-2-4-10(5-3-9)6-11(12,7-13)8-14/h2-5,13-14H,6-8,12H2,1H3. The summed E-state index contributed by atoms with van der Waals surface area (Å²) in [5, 5.41) is 18.0. The van der Waals surface area contributed by atoms with E-state index in [1.807, 2.05) is 31.2 Å². The Balaban J connectivity index is 2.72. The first kappa shape index (κ1) is 11.2. The Morgan fingerprint density at radius 1 is 1.14 bits per heavy atom. The molecule has 0 saturated heterocycles. The largest absolute Gasteiger partial charge is 0.394 e. The van der Waals surface area contributed by atoms with Crippen LogP contribution in [0, 0.1) is 6.92 Å². The molecule has 4 N–H and O–H groups in total. The highest BCUT2D eigenvalue weighted by Gasteiger charge is 2.23. The van der Waals surface area contributed by atoms with Crippen molar-refractivity contribution in [2.24, 2.45) is 5.73 Å². The number of benzene rings is 1. The van der Waals surface area contributed by atoms with Crippen molar-refractivity contribution >= 4 is 0 Å². The van der Waals surface area contributed by atoms with Gasteiger partial charge in [-0.2, -0.15) is 0 Å². The number of rotatable bonds is 4. The number of aryl methyl sites for hydroxylation is 1. The minimum atomic E-state index is -0.907. The van der Waals surface area contributed by atoms with E-state index in [-0.39, 0.29) is 13.2 Å². The average Bonchev–Trinajstić information content (AvgIpc) is 2.21. The smallest absolute Gasteiger partial charge is 0.0663 e. The van der Waals surface area contributed by atoms with Gasteiger partial charge in [0.25, 0.3) is 0 Å². The van der Waals surface area contributed by atoms with Crippen LogP contribution in [0.3, 0.4) is 0 Å². The summed E-state index contributed by atoms with van der Waals surface area (Å²) in [6.07, 6.45) is 0.486. The summed E-state index contributed by atoms with van der Waals surface area (Å²) < 4.78 is 0. The minimum Gasteiger partial charge on any atom is -0.394 e. The predicted molar refractivity (Wildman–Crippen MR) is 56.0 cm³/mol. The first-order valence-electron chi connectivity index (χ1n) is 4.66. The van der Waals surface area contributed by atoms with Gasteiger partial charge in [0.2, 0.25) is 0 Å². The van der Waals surface area contributed by atoms with Crippen molar-refractivity contribution in [1.29, 1.82) is 0 Å². The molecule has 0 bridgehead atoms. The van der Waals surface area contributed by atoms with Crippen LogP contribution in [0.15, 0.2) is 24.3 Å². The van der Waals surface area contributed by atoms with Gasteiger partial charge in [-0.25, -0.2) is 0 Å². The van der Waals surface area contributed by atoms with Gasteiger partial charge >= 0.3 is 0 Å². The Morgan fingerprint density at radius 2 is 1.64 bits per heavy atom. The highest BCUT2D eigenvalue weighted by molar-refractivity contribution is 5.23. The lowest BCUT2D eigenvalue weighted by atomic mass is 9.93. The van der Waals surface area contributed by atoms with Gasteiger partial charge in [-0.3, -0.25) is 0 Å². The van der Waals surface area contributed by atoms with E-state index in [1.165, 1.54) is 5.56 Å². The van der Waals surface area contributed by atoms with Gasteiger partial charge in [0, 0.05) is 0 Å². The maximum Gasteiger partial charge on any atom is 0.0663 e. The molecule has 0 atom stereocenters. The van der Waals surface area contributed by atoms with E-state index in [9.17, 15) is 0 Å². The summed E-state index contributed by atoms with van der Waals surface area (Å²) in [5.74, 6) is 0. The topological polar surface area (TPSA) is 66.5 Å². The van der Waals surface area contributed by atoms with Crippen LogP contribution in [0.5, 0.6) is 0 Å². The Kier molecular flexibility index (Phi) is 3.63. The van der Waals surface area contributed by atoms with E-state index < -0.39 is 5.54 Å². The molecule has 0 aliphatic carbocycles. The Morgan fingerprint density at radius 3 is 2.07 bits per heavy atom. The van der Waals surface area contributed by atoms with Crippen molar-refractivity contribution in [2.75, 3.05) is 13.2 Å². The maximum absolute atomic E-state index is 9.02. The maximum atomic E-state index is 9.02. The fraction of sp³-hybridized carbons (Fsp3) is 0.455. The number of nitrogens with two attached hydrogens (primary N) is 1. The first-order valence-corrected chi connectivity index (χ1v) is 4.66. The molecule has 3 nitrogen and oxygen atoms in total. The van der Waals surface area contributed by atoms with Crippen LogP contribution in [0.4, 0.5) is 0 Å². The number of hydrogen-bond donors (Lipinski definition) is 3. The SMILES string of the molecule is Cc1ccc(CC(N)(CO)CO)cc1. The number of aliphatic hydroxyl groups is 2. The normalized spacial score (nSPS) is 11.7. The average molecular weight is 195 g/mol. The third-order valence-corrected chi connectivity index (χ3v) is 2.31. The molecule has 0 heterocycles. The molecule has 3 heteroatoms. The zero-order valence-corrected chi connectivity index (χ0v) is 8.40. The predicted octanol–water partition coefficient (Wildman–Crippen LogP) is 0.220. The van der Waals surface area contributed by atoms with E-state index in [0.29, 0.717) is 6.42 Å². The van der Waals surface area contributed by atoms with E-state index >= 15 is 0 Å². The van der Waals surface area contributed by atoms with Crippen molar-refractivity contribution < 1.29 is 10.2 Å². The molecule has 1 rings (SSSR count). The molecule has 0 spiro atoms. The molecule has 0 saturated carbocycles. The van der Waals surface area contributed by atoms with E-state index in [4.69, 9.17) is 15.9 Å². The molecule has 1 aromatic rings. The summed E-state index contributed by atoms with van der Waals surface area (Å²) in [7, 11) is 0. The fourth-order valence-electron chi connectivity index (χ4n) is 1.27. The van der Waals surface area contributed by atoms with Crippen molar-refractivity contribution in [2.45, 2.75) is 18.9 Å². The zero-order chi connectivity index (χ0) is 10.6. The van der Waals surface area contributed by atoms with Crippen LogP contribution >= 0.6 is 0 Å². The van der Waals surface area contributed by atoms with Crippen LogP contribution in [0.25, 0.3) is 0 Å².